The molecule has 11 heteroatoms. The fraction of sp³-hybridized carbons (Fsp3) is 0.389. The number of hydrogen-bond acceptors (Lipinski definition) is 7. The molecule has 1 saturated heterocycles. The van der Waals surface area contributed by atoms with Crippen LogP contribution >= 0.6 is 0 Å². The van der Waals surface area contributed by atoms with Gasteiger partial charge in [-0.05, 0) is 30.7 Å². The first-order chi connectivity index (χ1) is 13.6. The van der Waals surface area contributed by atoms with E-state index in [1.54, 1.807) is 35.4 Å². The summed E-state index contributed by atoms with van der Waals surface area (Å²) in [5.74, 6) is 0.275. The van der Waals surface area contributed by atoms with Gasteiger partial charge in [0.2, 0.25) is 0 Å². The van der Waals surface area contributed by atoms with Crippen molar-refractivity contribution in [3.63, 3.8) is 0 Å². The van der Waals surface area contributed by atoms with Gasteiger partial charge in [0.25, 0.3) is 0 Å². The predicted molar refractivity (Wildman–Crippen MR) is 113 cm³/mol. The van der Waals surface area contributed by atoms with Gasteiger partial charge < -0.3 is 16.0 Å². The number of benzene rings is 1. The van der Waals surface area contributed by atoms with Crippen molar-refractivity contribution < 1.29 is 17.4 Å². The van der Waals surface area contributed by atoms with Crippen LogP contribution in [0.4, 0.5) is 16.3 Å². The van der Waals surface area contributed by atoms with Gasteiger partial charge in [-0.3, -0.25) is 4.21 Å². The first-order valence-electron chi connectivity index (χ1n) is 8.90. The van der Waals surface area contributed by atoms with Crippen molar-refractivity contribution in [1.29, 1.82) is 0 Å². The monoisotopic (exact) mass is 437 g/mol. The van der Waals surface area contributed by atoms with Crippen LogP contribution in [0.15, 0.2) is 30.3 Å². The Hall–Kier alpha value is -2.53. The molecule has 29 heavy (non-hydrogen) atoms. The van der Waals surface area contributed by atoms with E-state index in [0.29, 0.717) is 35.9 Å². The number of nitrogen functional groups attached to an aromatic ring is 1. The molecule has 1 aliphatic rings. The van der Waals surface area contributed by atoms with Gasteiger partial charge in [-0.25, -0.2) is 23.2 Å². The van der Waals surface area contributed by atoms with Gasteiger partial charge in [-0.15, -0.1) is 0 Å². The second kappa shape index (κ2) is 8.46. The normalized spacial score (nSPS) is 17.9. The van der Waals surface area contributed by atoms with E-state index >= 15 is 0 Å². The van der Waals surface area contributed by atoms with E-state index in [1.807, 2.05) is 0 Å². The van der Waals surface area contributed by atoms with Gasteiger partial charge in [-0.2, -0.15) is 0 Å². The van der Waals surface area contributed by atoms with Crippen molar-refractivity contribution in [3.8, 4) is 11.4 Å². The summed E-state index contributed by atoms with van der Waals surface area (Å²) in [5, 5.41) is 2.84. The maximum Gasteiger partial charge on any atom is 0.321 e. The van der Waals surface area contributed by atoms with E-state index in [9.17, 15) is 17.4 Å². The van der Waals surface area contributed by atoms with E-state index in [2.05, 4.69) is 15.3 Å². The molecule has 1 aromatic carbocycles. The summed E-state index contributed by atoms with van der Waals surface area (Å²) < 4.78 is 34.6. The van der Waals surface area contributed by atoms with Crippen LogP contribution in [0.1, 0.15) is 12.1 Å². The summed E-state index contributed by atoms with van der Waals surface area (Å²) in [4.78, 5) is 22.5. The number of aromatic nitrogens is 2. The maximum atomic E-state index is 12.4. The summed E-state index contributed by atoms with van der Waals surface area (Å²) in [6.07, 6.45) is 3.52. The molecular formula is C18H23N5O4S2. The highest BCUT2D eigenvalue weighted by molar-refractivity contribution is 7.89. The molecule has 1 aliphatic heterocycles. The molecule has 2 aromatic rings. The lowest BCUT2D eigenvalue weighted by Crippen LogP contribution is -2.34. The second-order valence-electron chi connectivity index (χ2n) is 7.04. The number of nitrogens with zero attached hydrogens (tertiary/aromatic N) is 3. The summed E-state index contributed by atoms with van der Waals surface area (Å²) in [5.41, 5.74) is 7.35. The van der Waals surface area contributed by atoms with Gasteiger partial charge in [0, 0.05) is 53.7 Å². The quantitative estimate of drug-likeness (QED) is 0.718. The third-order valence-corrected chi connectivity index (χ3v) is 6.65. The largest absolute Gasteiger partial charge is 0.384 e. The van der Waals surface area contributed by atoms with Crippen LogP contribution in [-0.2, 0) is 26.4 Å². The third-order valence-electron chi connectivity index (χ3n) is 4.51. The standard InChI is InChI=1S/C18H23N5O4S2/c1-28(25)15-7-8-23(10-15)18(24)21-13-5-3-12(4-6-13)17-20-14(9-16(19)22-17)11-29(2,26)27/h3-6,9,15H,7-8,10-11H2,1-2H3,(H,21,24)(H2,19,20,22). The predicted octanol–water partition coefficient (Wildman–Crippen LogP) is 1.26. The third kappa shape index (κ3) is 5.73. The minimum absolute atomic E-state index is 0.0185. The van der Waals surface area contributed by atoms with Gasteiger partial charge in [0.1, 0.15) is 5.82 Å². The Morgan fingerprint density at radius 2 is 2.00 bits per heavy atom. The number of urea groups is 1. The molecule has 1 fully saturated rings. The van der Waals surface area contributed by atoms with Crippen molar-refractivity contribution >= 4 is 38.2 Å². The average Bonchev–Trinajstić information content (AvgIpc) is 3.11. The van der Waals surface area contributed by atoms with Crippen molar-refractivity contribution in [2.24, 2.45) is 0 Å². The molecular weight excluding hydrogens is 414 g/mol. The minimum Gasteiger partial charge on any atom is -0.384 e. The lowest BCUT2D eigenvalue weighted by Gasteiger charge is -2.17. The number of hydrogen-bond donors (Lipinski definition) is 2. The van der Waals surface area contributed by atoms with Crippen LogP contribution in [0.5, 0.6) is 0 Å². The first-order valence-corrected chi connectivity index (χ1v) is 12.6. The number of nitrogens with one attached hydrogen (secondary N) is 1. The molecule has 9 nitrogen and oxygen atoms in total. The number of anilines is 2. The topological polar surface area (TPSA) is 135 Å². The number of rotatable bonds is 5. The molecule has 0 aliphatic carbocycles. The second-order valence-corrected chi connectivity index (χ2v) is 10.8. The zero-order valence-electron chi connectivity index (χ0n) is 16.2. The van der Waals surface area contributed by atoms with Crippen LogP contribution in [0.3, 0.4) is 0 Å². The zero-order chi connectivity index (χ0) is 21.2. The van der Waals surface area contributed by atoms with Crippen LogP contribution in [0.25, 0.3) is 11.4 Å². The Morgan fingerprint density at radius 3 is 2.59 bits per heavy atom. The van der Waals surface area contributed by atoms with Crippen LogP contribution in [-0.4, -0.2) is 64.4 Å². The van der Waals surface area contributed by atoms with Crippen molar-refractivity contribution in [3.05, 3.63) is 36.0 Å². The molecule has 3 N–H and O–H groups in total. The Kier molecular flexibility index (Phi) is 6.18. The maximum absolute atomic E-state index is 12.4. The van der Waals surface area contributed by atoms with E-state index in [1.165, 1.54) is 6.07 Å². The van der Waals surface area contributed by atoms with E-state index in [-0.39, 0.29) is 22.9 Å². The minimum atomic E-state index is -3.25. The van der Waals surface area contributed by atoms with Gasteiger partial charge in [0.05, 0.1) is 16.7 Å². The number of likely N-dealkylation sites (tertiary alicyclic amines) is 1. The summed E-state index contributed by atoms with van der Waals surface area (Å²) in [6, 6.07) is 8.07. The van der Waals surface area contributed by atoms with Crippen LogP contribution in [0.2, 0.25) is 0 Å². The molecule has 2 atom stereocenters. The lowest BCUT2D eigenvalue weighted by atomic mass is 10.2. The summed E-state index contributed by atoms with van der Waals surface area (Å²) in [6.45, 7) is 1.06. The number of sulfone groups is 1. The highest BCUT2D eigenvalue weighted by atomic mass is 32.2. The van der Waals surface area contributed by atoms with Crippen molar-refractivity contribution in [2.75, 3.05) is 36.7 Å². The van der Waals surface area contributed by atoms with Gasteiger partial charge >= 0.3 is 6.03 Å². The molecule has 156 valence electrons. The zero-order valence-corrected chi connectivity index (χ0v) is 17.8. The molecule has 0 bridgehead atoms. The SMILES string of the molecule is CS(=O)C1CCN(C(=O)Nc2ccc(-c3nc(N)cc(CS(C)(=O)=O)n3)cc2)C1. The molecule has 1 aromatic heterocycles. The Morgan fingerprint density at radius 1 is 1.31 bits per heavy atom. The average molecular weight is 438 g/mol. The van der Waals surface area contributed by atoms with E-state index < -0.39 is 20.6 Å². The Labute approximate surface area is 172 Å². The first kappa shape index (κ1) is 21.2. The summed E-state index contributed by atoms with van der Waals surface area (Å²) >= 11 is 0. The molecule has 2 amide bonds. The van der Waals surface area contributed by atoms with Crippen LogP contribution in [0, 0.1) is 0 Å². The van der Waals surface area contributed by atoms with Crippen LogP contribution < -0.4 is 11.1 Å². The van der Waals surface area contributed by atoms with Gasteiger partial charge in [0.15, 0.2) is 15.7 Å². The number of carbonyl (C=O) groups is 1. The van der Waals surface area contributed by atoms with E-state index in [0.717, 1.165) is 12.7 Å². The molecule has 3 rings (SSSR count). The van der Waals surface area contributed by atoms with Crippen molar-refractivity contribution in [1.82, 2.24) is 14.9 Å². The smallest absolute Gasteiger partial charge is 0.321 e. The van der Waals surface area contributed by atoms with Gasteiger partial charge in [-0.1, -0.05) is 0 Å². The Bertz CT molecular complexity index is 1040. The van der Waals surface area contributed by atoms with Crippen molar-refractivity contribution in [2.45, 2.75) is 17.4 Å². The molecule has 2 unspecified atom stereocenters. The molecule has 0 saturated carbocycles. The molecule has 2 heterocycles. The number of nitrogens with two attached hydrogens (primary N) is 1. The summed E-state index contributed by atoms with van der Waals surface area (Å²) in [7, 11) is -4.19. The highest BCUT2D eigenvalue weighted by Gasteiger charge is 2.28. The fourth-order valence-electron chi connectivity index (χ4n) is 3.08. The van der Waals surface area contributed by atoms with E-state index in [4.69, 9.17) is 5.73 Å². The molecule has 0 spiro atoms. The number of carbonyl (C=O) groups excluding carboxylic acids is 1. The number of amides is 2. The lowest BCUT2D eigenvalue weighted by molar-refractivity contribution is 0.222. The Balaban J connectivity index is 1.70. The highest BCUT2D eigenvalue weighted by Crippen LogP contribution is 2.21. The fourth-order valence-corrected chi connectivity index (χ4v) is 4.59. The molecule has 0 radical (unpaired) electrons.